The molecule has 7 heteroatoms. The van der Waals surface area contributed by atoms with Gasteiger partial charge in [-0.05, 0) is 39.8 Å². The monoisotopic (exact) mass is 341 g/mol. The third-order valence-electron chi connectivity index (χ3n) is 4.90. The Morgan fingerprint density at radius 3 is 2.14 bits per heavy atom. The molecule has 2 rings (SSSR count). The van der Waals surface area contributed by atoms with Crippen LogP contribution in [0.3, 0.4) is 0 Å². The maximum absolute atomic E-state index is 12.3. The molecule has 2 fully saturated rings. The van der Waals surface area contributed by atoms with Gasteiger partial charge in [0.2, 0.25) is 5.91 Å². The van der Waals surface area contributed by atoms with Crippen LogP contribution in [-0.4, -0.2) is 55.7 Å². The van der Waals surface area contributed by atoms with Crippen LogP contribution in [0.4, 0.5) is 0 Å². The van der Waals surface area contributed by atoms with Crippen LogP contribution in [0.2, 0.25) is 0 Å². The Labute approximate surface area is 140 Å². The van der Waals surface area contributed by atoms with Gasteiger partial charge in [0.25, 0.3) is 0 Å². The summed E-state index contributed by atoms with van der Waals surface area (Å²) in [6.07, 6.45) is 5.68. The summed E-state index contributed by atoms with van der Waals surface area (Å²) in [5.41, 5.74) is 5.58. The summed E-state index contributed by atoms with van der Waals surface area (Å²) in [7, 11) is 4.15. The standard InChI is InChI=1S/C14H27N3O2.2ClH/c1-17(2)13(7-9-19-10-8-13)11-16-12(18)14(15)5-3-4-6-14;;/h3-11,15H2,1-2H3,(H,16,18);2*1H. The van der Waals surface area contributed by atoms with E-state index in [2.05, 4.69) is 24.3 Å². The van der Waals surface area contributed by atoms with E-state index in [1.807, 2.05) is 0 Å². The van der Waals surface area contributed by atoms with Crippen LogP contribution >= 0.6 is 24.8 Å². The SMILES string of the molecule is CN(C)C1(CNC(=O)C2(N)CCCC2)CCOCC1.Cl.Cl. The number of rotatable bonds is 4. The number of nitrogens with zero attached hydrogens (tertiary/aromatic N) is 1. The Balaban J connectivity index is 0.00000200. The number of nitrogens with one attached hydrogen (secondary N) is 1. The van der Waals surface area contributed by atoms with E-state index in [4.69, 9.17) is 10.5 Å². The van der Waals surface area contributed by atoms with Crippen molar-refractivity contribution in [3.63, 3.8) is 0 Å². The number of hydrogen-bond donors (Lipinski definition) is 2. The molecule has 1 aliphatic carbocycles. The van der Waals surface area contributed by atoms with E-state index in [-0.39, 0.29) is 36.3 Å². The lowest BCUT2D eigenvalue weighted by Gasteiger charge is -2.43. The molecule has 3 N–H and O–H groups in total. The first kappa shape index (κ1) is 20.9. The summed E-state index contributed by atoms with van der Waals surface area (Å²) < 4.78 is 5.44. The number of nitrogens with two attached hydrogens (primary N) is 1. The van der Waals surface area contributed by atoms with Crippen molar-refractivity contribution < 1.29 is 9.53 Å². The minimum atomic E-state index is -0.626. The number of hydrogen-bond acceptors (Lipinski definition) is 4. The highest BCUT2D eigenvalue weighted by Gasteiger charge is 2.40. The minimum Gasteiger partial charge on any atom is -0.381 e. The maximum Gasteiger partial charge on any atom is 0.240 e. The molecule has 1 heterocycles. The van der Waals surface area contributed by atoms with Crippen molar-refractivity contribution in [2.24, 2.45) is 5.73 Å². The van der Waals surface area contributed by atoms with Crippen LogP contribution in [0.25, 0.3) is 0 Å². The average Bonchev–Trinajstić information content (AvgIpc) is 2.85. The van der Waals surface area contributed by atoms with Gasteiger partial charge in [-0.25, -0.2) is 0 Å². The van der Waals surface area contributed by atoms with Crippen molar-refractivity contribution in [3.05, 3.63) is 0 Å². The summed E-state index contributed by atoms with van der Waals surface area (Å²) in [6.45, 7) is 2.20. The number of amides is 1. The fraction of sp³-hybridized carbons (Fsp3) is 0.929. The Hall–Kier alpha value is -0.0700. The summed E-state index contributed by atoms with van der Waals surface area (Å²) in [6, 6.07) is 0. The number of carbonyl (C=O) groups is 1. The first-order chi connectivity index (χ1) is 8.99. The van der Waals surface area contributed by atoms with Crippen LogP contribution in [0, 0.1) is 0 Å². The van der Waals surface area contributed by atoms with Gasteiger partial charge >= 0.3 is 0 Å². The average molecular weight is 342 g/mol. The lowest BCUT2D eigenvalue weighted by molar-refractivity contribution is -0.127. The van der Waals surface area contributed by atoms with E-state index in [1.165, 1.54) is 0 Å². The van der Waals surface area contributed by atoms with Crippen molar-refractivity contribution in [1.29, 1.82) is 0 Å². The Kier molecular flexibility index (Phi) is 8.50. The summed E-state index contributed by atoms with van der Waals surface area (Å²) >= 11 is 0. The molecule has 0 bridgehead atoms. The molecule has 0 spiro atoms. The number of ether oxygens (including phenoxy) is 1. The van der Waals surface area contributed by atoms with Gasteiger partial charge in [0, 0.05) is 25.3 Å². The van der Waals surface area contributed by atoms with Gasteiger partial charge in [0.15, 0.2) is 0 Å². The topological polar surface area (TPSA) is 67.6 Å². The Morgan fingerprint density at radius 1 is 1.14 bits per heavy atom. The van der Waals surface area contributed by atoms with Crippen LogP contribution in [0.5, 0.6) is 0 Å². The van der Waals surface area contributed by atoms with Crippen molar-refractivity contribution in [2.75, 3.05) is 33.9 Å². The number of halogens is 2. The molecular formula is C14H29Cl2N3O2. The smallest absolute Gasteiger partial charge is 0.240 e. The van der Waals surface area contributed by atoms with Gasteiger partial charge in [-0.15, -0.1) is 24.8 Å². The molecule has 1 aliphatic heterocycles. The van der Waals surface area contributed by atoms with E-state index in [0.29, 0.717) is 6.54 Å². The third-order valence-corrected chi connectivity index (χ3v) is 4.90. The summed E-state index contributed by atoms with van der Waals surface area (Å²) in [5, 5.41) is 3.10. The summed E-state index contributed by atoms with van der Waals surface area (Å²) in [5.74, 6) is 0.0257. The fourth-order valence-corrected chi connectivity index (χ4v) is 3.19. The second-order valence-electron chi connectivity index (χ2n) is 6.28. The van der Waals surface area contributed by atoms with E-state index in [9.17, 15) is 4.79 Å². The molecule has 0 aromatic rings. The molecule has 126 valence electrons. The predicted molar refractivity (Wildman–Crippen MR) is 89.4 cm³/mol. The van der Waals surface area contributed by atoms with E-state index >= 15 is 0 Å². The lowest BCUT2D eigenvalue weighted by atomic mass is 9.88. The van der Waals surface area contributed by atoms with Gasteiger partial charge in [0.05, 0.1) is 5.54 Å². The van der Waals surface area contributed by atoms with E-state index in [1.54, 1.807) is 0 Å². The van der Waals surface area contributed by atoms with Crippen molar-refractivity contribution >= 4 is 30.7 Å². The molecule has 0 atom stereocenters. The van der Waals surface area contributed by atoms with Crippen LogP contribution in [0.1, 0.15) is 38.5 Å². The fourth-order valence-electron chi connectivity index (χ4n) is 3.19. The molecule has 0 aromatic heterocycles. The quantitative estimate of drug-likeness (QED) is 0.809. The summed E-state index contributed by atoms with van der Waals surface area (Å²) in [4.78, 5) is 14.5. The first-order valence-corrected chi connectivity index (χ1v) is 7.31. The zero-order valence-electron chi connectivity index (χ0n) is 13.0. The molecule has 5 nitrogen and oxygen atoms in total. The predicted octanol–water partition coefficient (Wildman–Crippen LogP) is 1.33. The maximum atomic E-state index is 12.3. The molecule has 0 aromatic carbocycles. The molecule has 2 aliphatic rings. The first-order valence-electron chi connectivity index (χ1n) is 7.31. The number of likely N-dealkylation sites (N-methyl/N-ethyl adjacent to an activating group) is 1. The third kappa shape index (κ3) is 4.70. The van der Waals surface area contributed by atoms with Crippen LogP contribution in [0.15, 0.2) is 0 Å². The number of carbonyl (C=O) groups excluding carboxylic acids is 1. The second kappa shape index (κ2) is 8.53. The largest absolute Gasteiger partial charge is 0.381 e. The van der Waals surface area contributed by atoms with Gasteiger partial charge in [-0.1, -0.05) is 12.8 Å². The lowest BCUT2D eigenvalue weighted by Crippen LogP contribution is -2.59. The molecule has 1 saturated carbocycles. The van der Waals surface area contributed by atoms with Crippen molar-refractivity contribution in [2.45, 2.75) is 49.6 Å². The van der Waals surface area contributed by atoms with Gasteiger partial charge in [-0.2, -0.15) is 0 Å². The normalized spacial score (nSPS) is 23.0. The molecule has 21 heavy (non-hydrogen) atoms. The van der Waals surface area contributed by atoms with Crippen LogP contribution in [-0.2, 0) is 9.53 Å². The van der Waals surface area contributed by atoms with E-state index < -0.39 is 5.54 Å². The Bertz CT molecular complexity index is 328. The molecule has 1 saturated heterocycles. The zero-order chi connectivity index (χ0) is 13.9. The van der Waals surface area contributed by atoms with Crippen LogP contribution < -0.4 is 11.1 Å². The second-order valence-corrected chi connectivity index (χ2v) is 6.28. The molecule has 0 radical (unpaired) electrons. The van der Waals surface area contributed by atoms with Gasteiger partial charge in [0.1, 0.15) is 0 Å². The minimum absolute atomic E-state index is 0. The van der Waals surface area contributed by atoms with Crippen molar-refractivity contribution in [3.8, 4) is 0 Å². The highest BCUT2D eigenvalue weighted by atomic mass is 35.5. The van der Waals surface area contributed by atoms with Crippen molar-refractivity contribution in [1.82, 2.24) is 10.2 Å². The van der Waals surface area contributed by atoms with E-state index in [0.717, 1.165) is 51.7 Å². The zero-order valence-corrected chi connectivity index (χ0v) is 14.7. The molecule has 0 unspecified atom stereocenters. The molecule has 1 amide bonds. The highest BCUT2D eigenvalue weighted by Crippen LogP contribution is 2.29. The van der Waals surface area contributed by atoms with Gasteiger partial charge < -0.3 is 20.7 Å². The molecular weight excluding hydrogens is 313 g/mol. The van der Waals surface area contributed by atoms with Gasteiger partial charge in [-0.3, -0.25) is 4.79 Å². The highest BCUT2D eigenvalue weighted by molar-refractivity contribution is 5.86. The Morgan fingerprint density at radius 2 is 1.67 bits per heavy atom.